The van der Waals surface area contributed by atoms with E-state index in [1.165, 1.54) is 6.92 Å². The second kappa shape index (κ2) is 6.79. The quantitative estimate of drug-likeness (QED) is 0.741. The third kappa shape index (κ3) is 3.48. The van der Waals surface area contributed by atoms with Gasteiger partial charge in [-0.2, -0.15) is 23.3 Å². The van der Waals surface area contributed by atoms with Gasteiger partial charge >= 0.3 is 6.18 Å². The zero-order chi connectivity index (χ0) is 19.1. The van der Waals surface area contributed by atoms with Gasteiger partial charge in [-0.15, -0.1) is 0 Å². The van der Waals surface area contributed by atoms with E-state index in [1.54, 1.807) is 24.3 Å². The molecule has 0 fully saturated rings. The van der Waals surface area contributed by atoms with E-state index in [-0.39, 0.29) is 16.8 Å². The van der Waals surface area contributed by atoms with Crippen LogP contribution in [-0.2, 0) is 4.79 Å². The number of fused-ring (bicyclic) bond motifs is 1. The number of thiazole rings is 1. The van der Waals surface area contributed by atoms with Crippen molar-refractivity contribution in [3.05, 3.63) is 24.3 Å². The molecule has 1 unspecified atom stereocenters. The fourth-order valence-corrected chi connectivity index (χ4v) is 3.48. The highest BCUT2D eigenvalue weighted by molar-refractivity contribution is 7.22. The molecule has 0 bridgehead atoms. The number of hydrogen-bond acceptors (Lipinski definition) is 5. The Bertz CT molecular complexity index is 868. The highest BCUT2D eigenvalue weighted by Crippen LogP contribution is 2.36. The van der Waals surface area contributed by atoms with Crippen molar-refractivity contribution in [1.82, 2.24) is 4.98 Å². The molecule has 5 nitrogen and oxygen atoms in total. The molecule has 9 heteroatoms. The maximum absolute atomic E-state index is 13.5. The number of rotatable bonds is 4. The SMILES string of the molecule is CC(=NCC(C)C)C1C(=O)N(c2nc3ccccc3s2)N=C1C(F)(F)F. The van der Waals surface area contributed by atoms with Crippen LogP contribution in [0.25, 0.3) is 10.2 Å². The molecule has 2 heterocycles. The van der Waals surface area contributed by atoms with E-state index in [0.717, 1.165) is 21.0 Å². The average Bonchev–Trinajstić information content (AvgIpc) is 3.12. The normalized spacial score (nSPS) is 19.0. The number of halogens is 3. The molecule has 0 spiro atoms. The van der Waals surface area contributed by atoms with Gasteiger partial charge in [-0.1, -0.05) is 37.3 Å². The van der Waals surface area contributed by atoms with E-state index >= 15 is 0 Å². The van der Waals surface area contributed by atoms with Gasteiger partial charge in [0, 0.05) is 12.3 Å². The highest BCUT2D eigenvalue weighted by atomic mass is 32.1. The number of benzene rings is 1. The summed E-state index contributed by atoms with van der Waals surface area (Å²) in [5, 5.41) is 4.46. The number of amides is 1. The minimum Gasteiger partial charge on any atom is -0.293 e. The van der Waals surface area contributed by atoms with Crippen molar-refractivity contribution in [1.29, 1.82) is 0 Å². The van der Waals surface area contributed by atoms with Crippen molar-refractivity contribution >= 4 is 44.0 Å². The van der Waals surface area contributed by atoms with Crippen LogP contribution in [0, 0.1) is 11.8 Å². The third-order valence-electron chi connectivity index (χ3n) is 3.81. The van der Waals surface area contributed by atoms with Crippen LogP contribution in [0.15, 0.2) is 34.4 Å². The van der Waals surface area contributed by atoms with Crippen molar-refractivity contribution in [2.24, 2.45) is 21.9 Å². The monoisotopic (exact) mass is 382 g/mol. The van der Waals surface area contributed by atoms with Crippen molar-refractivity contribution in [3.8, 4) is 0 Å². The van der Waals surface area contributed by atoms with Crippen molar-refractivity contribution in [2.75, 3.05) is 11.6 Å². The van der Waals surface area contributed by atoms with E-state index in [4.69, 9.17) is 0 Å². The molecule has 0 N–H and O–H groups in total. The van der Waals surface area contributed by atoms with Crippen LogP contribution in [0.5, 0.6) is 0 Å². The molecule has 0 aliphatic carbocycles. The number of hydrazone groups is 1. The lowest BCUT2D eigenvalue weighted by Crippen LogP contribution is -2.37. The zero-order valence-corrected chi connectivity index (χ0v) is 15.2. The van der Waals surface area contributed by atoms with Gasteiger partial charge < -0.3 is 0 Å². The zero-order valence-electron chi connectivity index (χ0n) is 14.4. The largest absolute Gasteiger partial charge is 0.432 e. The van der Waals surface area contributed by atoms with E-state index in [0.29, 0.717) is 12.1 Å². The Morgan fingerprint density at radius 1 is 1.35 bits per heavy atom. The molecule has 3 rings (SSSR count). The number of carbonyl (C=O) groups is 1. The fraction of sp³-hybridized carbons (Fsp3) is 0.412. The maximum atomic E-state index is 13.5. The Morgan fingerprint density at radius 2 is 2.04 bits per heavy atom. The molecule has 1 amide bonds. The van der Waals surface area contributed by atoms with Crippen LogP contribution in [0.1, 0.15) is 20.8 Å². The Balaban J connectivity index is 2.01. The molecule has 1 aromatic heterocycles. The Hall–Kier alpha value is -2.29. The summed E-state index contributed by atoms with van der Waals surface area (Å²) in [7, 11) is 0. The Morgan fingerprint density at radius 3 is 2.65 bits per heavy atom. The summed E-state index contributed by atoms with van der Waals surface area (Å²) in [5.74, 6) is -2.13. The molecule has 138 valence electrons. The van der Waals surface area contributed by atoms with Crippen LogP contribution >= 0.6 is 11.3 Å². The van der Waals surface area contributed by atoms with Gasteiger partial charge in [0.2, 0.25) is 5.13 Å². The summed E-state index contributed by atoms with van der Waals surface area (Å²) in [5.41, 5.74) is -0.423. The van der Waals surface area contributed by atoms with Gasteiger partial charge in [-0.05, 0) is 25.0 Å². The van der Waals surface area contributed by atoms with Crippen molar-refractivity contribution in [3.63, 3.8) is 0 Å². The van der Waals surface area contributed by atoms with Crippen LogP contribution in [0.3, 0.4) is 0 Å². The lowest BCUT2D eigenvalue weighted by atomic mass is 9.97. The molecule has 26 heavy (non-hydrogen) atoms. The molecule has 0 saturated heterocycles. The van der Waals surface area contributed by atoms with E-state index in [9.17, 15) is 18.0 Å². The van der Waals surface area contributed by atoms with Gasteiger partial charge in [0.15, 0.2) is 5.71 Å². The predicted molar refractivity (Wildman–Crippen MR) is 96.9 cm³/mol. The molecule has 1 aromatic carbocycles. The molecule has 1 aliphatic heterocycles. The first kappa shape index (κ1) is 18.5. The third-order valence-corrected chi connectivity index (χ3v) is 4.83. The fourth-order valence-electron chi connectivity index (χ4n) is 2.56. The molecular weight excluding hydrogens is 365 g/mol. The second-order valence-corrected chi connectivity index (χ2v) is 7.42. The Kier molecular flexibility index (Phi) is 4.83. The van der Waals surface area contributed by atoms with Gasteiger partial charge in [-0.3, -0.25) is 9.79 Å². The van der Waals surface area contributed by atoms with Crippen molar-refractivity contribution < 1.29 is 18.0 Å². The van der Waals surface area contributed by atoms with Gasteiger partial charge in [0.05, 0.1) is 10.2 Å². The second-order valence-electron chi connectivity index (χ2n) is 6.41. The van der Waals surface area contributed by atoms with E-state index in [1.807, 2.05) is 13.8 Å². The lowest BCUT2D eigenvalue weighted by Gasteiger charge is -2.14. The van der Waals surface area contributed by atoms with Crippen LogP contribution in [0.4, 0.5) is 18.3 Å². The lowest BCUT2D eigenvalue weighted by molar-refractivity contribution is -0.119. The molecule has 0 saturated carbocycles. The average molecular weight is 382 g/mol. The first-order valence-corrected chi connectivity index (χ1v) is 8.86. The number of alkyl halides is 3. The summed E-state index contributed by atoms with van der Waals surface area (Å²) in [4.78, 5) is 21.1. The van der Waals surface area contributed by atoms with Crippen LogP contribution in [0.2, 0.25) is 0 Å². The highest BCUT2D eigenvalue weighted by Gasteiger charge is 2.52. The first-order chi connectivity index (χ1) is 12.2. The standard InChI is InChI=1S/C17H17F3N4OS/c1-9(2)8-21-10(3)13-14(17(18,19)20)23-24(15(13)25)16-22-11-6-4-5-7-12(11)26-16/h4-7,9,13H,8H2,1-3H3. The summed E-state index contributed by atoms with van der Waals surface area (Å²) >= 11 is 1.12. The number of aliphatic imine (C=N–C) groups is 1. The molecule has 1 atom stereocenters. The number of carbonyl (C=O) groups excluding carboxylic acids is 1. The molecule has 2 aromatic rings. The van der Waals surface area contributed by atoms with E-state index < -0.39 is 23.7 Å². The van der Waals surface area contributed by atoms with Crippen LogP contribution in [-0.4, -0.2) is 35.0 Å². The number of para-hydroxylation sites is 1. The van der Waals surface area contributed by atoms with Gasteiger partial charge in [-0.25, -0.2) is 4.98 Å². The predicted octanol–water partition coefficient (Wildman–Crippen LogP) is 4.29. The maximum Gasteiger partial charge on any atom is 0.432 e. The smallest absolute Gasteiger partial charge is 0.293 e. The molecule has 1 aliphatic rings. The minimum absolute atomic E-state index is 0.114. The number of aromatic nitrogens is 1. The van der Waals surface area contributed by atoms with E-state index in [2.05, 4.69) is 15.1 Å². The molecule has 0 radical (unpaired) electrons. The number of anilines is 1. The summed E-state index contributed by atoms with van der Waals surface area (Å²) in [6, 6.07) is 7.09. The molecular formula is C17H17F3N4OS. The summed E-state index contributed by atoms with van der Waals surface area (Å²) < 4.78 is 41.1. The Labute approximate surface area is 152 Å². The summed E-state index contributed by atoms with van der Waals surface area (Å²) in [6.45, 7) is 5.59. The van der Waals surface area contributed by atoms with Crippen molar-refractivity contribution in [2.45, 2.75) is 26.9 Å². The minimum atomic E-state index is -4.72. The topological polar surface area (TPSA) is 57.9 Å². The summed E-state index contributed by atoms with van der Waals surface area (Å²) in [6.07, 6.45) is -4.72. The number of nitrogens with zero attached hydrogens (tertiary/aromatic N) is 4. The first-order valence-electron chi connectivity index (χ1n) is 8.04. The van der Waals surface area contributed by atoms with Gasteiger partial charge in [0.25, 0.3) is 5.91 Å². The van der Waals surface area contributed by atoms with Crippen LogP contribution < -0.4 is 5.01 Å². The van der Waals surface area contributed by atoms with Gasteiger partial charge in [0.1, 0.15) is 5.92 Å². The number of hydrogen-bond donors (Lipinski definition) is 0.